The quantitative estimate of drug-likeness (QED) is 0.0579. The van der Waals surface area contributed by atoms with Crippen LogP contribution in [-0.2, 0) is 21.8 Å². The Morgan fingerprint density at radius 1 is 0.306 bits per heavy atom. The van der Waals surface area contributed by atoms with Gasteiger partial charge in [0.15, 0.2) is 24.5 Å². The zero-order valence-corrected chi connectivity index (χ0v) is 44.5. The molecule has 0 aromatic heterocycles. The second-order valence-electron chi connectivity index (χ2n) is 14.9. The standard InChI is InChI=1S/C24H17F6S2.C24H19S2.12FH.2Sb/c25-21(31-18-10-4-1-5-11-18)16-17-22(26,24(29,30)23(21,27)28)32(19-12-6-2-7-13-19)20-14-8-3-9-15-20;1-4-10-20(11-5-1)25-21-16-18-24(19-17-21)26(22-12-6-2-7-13-22)23-14-8-3-9-15-23;;;;;;;;;;;;;;/h1-17H;1-19H;12*1H;;/q2*+1;;;;;;;;;;;;;2*+5/p-12. The van der Waals surface area contributed by atoms with Crippen LogP contribution in [0.4, 0.5) is 60.1 Å². The van der Waals surface area contributed by atoms with Crippen LogP contribution in [0, 0.1) is 0 Å². The van der Waals surface area contributed by atoms with E-state index in [1.807, 2.05) is 0 Å². The molecule has 0 aliphatic heterocycles. The molecule has 1 aliphatic carbocycles. The third-order valence-electron chi connectivity index (χ3n) is 9.02. The van der Waals surface area contributed by atoms with Crippen LogP contribution in [0.1, 0.15) is 0 Å². The van der Waals surface area contributed by atoms with Gasteiger partial charge in [0.05, 0.1) is 10.9 Å². The molecule has 24 heteroatoms. The summed E-state index contributed by atoms with van der Waals surface area (Å²) < 4.78 is 212. The molecule has 1 aliphatic rings. The molecule has 72 heavy (non-hydrogen) atoms. The molecule has 0 spiro atoms. The SMILES string of the molecule is FC1(Sc2ccccc2)C=CC(F)([S+](c2ccccc2)c2ccccc2)C(F)(F)C1(F)F.[F][Sb-]([F])([F])([F])([F])[F].[F][Sb-]([F])([F])([F])([F])[F].c1ccc(Sc2ccc([S+](c3ccccc3)c3ccccc3)cc2)cc1. The summed E-state index contributed by atoms with van der Waals surface area (Å²) in [7, 11) is -2.24. The van der Waals surface area contributed by atoms with Gasteiger partial charge in [-0.2, -0.15) is 22.0 Å². The molecule has 0 saturated carbocycles. The molecule has 7 aromatic rings. The summed E-state index contributed by atoms with van der Waals surface area (Å²) in [4.78, 5) is 6.80. The Morgan fingerprint density at radius 3 is 0.931 bits per heavy atom. The minimum Gasteiger partial charge on any atom is -0.0901 e. The molecule has 0 radical (unpaired) electrons. The molecule has 0 fully saturated rings. The van der Waals surface area contributed by atoms with Crippen LogP contribution in [0.3, 0.4) is 0 Å². The summed E-state index contributed by atoms with van der Waals surface area (Å²) in [6, 6.07) is 63.1. The van der Waals surface area contributed by atoms with E-state index in [0.717, 1.165) is 0 Å². The third kappa shape index (κ3) is 18.5. The Kier molecular flexibility index (Phi) is 17.2. The third-order valence-corrected chi connectivity index (χ3v) is 15.9. The molecule has 2 unspecified atom stereocenters. The number of alkyl halides is 6. The van der Waals surface area contributed by atoms with Crippen LogP contribution < -0.4 is 0 Å². The summed E-state index contributed by atoms with van der Waals surface area (Å²) in [6.07, 6.45) is 0.525. The summed E-state index contributed by atoms with van der Waals surface area (Å²) in [5.41, 5.74) is 0. The van der Waals surface area contributed by atoms with Gasteiger partial charge in [0.25, 0.3) is 0 Å². The molecule has 0 bridgehead atoms. The fraction of sp³-hybridized carbons (Fsp3) is 0.0833. The summed E-state index contributed by atoms with van der Waals surface area (Å²) in [5, 5.41) is -7.69. The molecular weight excluding hydrogens is 1290 g/mol. The van der Waals surface area contributed by atoms with Crippen LogP contribution in [0.25, 0.3) is 0 Å². The Labute approximate surface area is 420 Å². The average Bonchev–Trinajstić information content (AvgIpc) is 3.29. The Morgan fingerprint density at radius 2 is 0.583 bits per heavy atom. The Bertz CT molecular complexity index is 2730. The van der Waals surface area contributed by atoms with Gasteiger partial charge >= 0.3 is 89.6 Å². The predicted octanol–water partition coefficient (Wildman–Crippen LogP) is 18.9. The maximum atomic E-state index is 16.3. The zero-order chi connectivity index (χ0) is 53.5. The summed E-state index contributed by atoms with van der Waals surface area (Å²) >= 11 is -20.8. The second kappa shape index (κ2) is 21.0. The first-order valence-corrected chi connectivity index (χ1v) is 35.8. The minimum atomic E-state index is -11.2. The van der Waals surface area contributed by atoms with E-state index in [1.165, 1.54) is 97.3 Å². The van der Waals surface area contributed by atoms with Gasteiger partial charge in [0.2, 0.25) is 5.00 Å². The normalized spacial score (nSPS) is 20.1. The first kappa shape index (κ1) is 58.9. The second-order valence-corrected chi connectivity index (χ2v) is 32.4. The first-order chi connectivity index (χ1) is 32.9. The van der Waals surface area contributed by atoms with Crippen molar-refractivity contribution in [3.63, 3.8) is 0 Å². The molecule has 7 aromatic carbocycles. The largest absolute Gasteiger partial charge is 0.166 e. The molecule has 0 N–H and O–H groups in total. The molecule has 0 saturated heterocycles. The smallest absolute Gasteiger partial charge is 0.0901 e. The fourth-order valence-corrected chi connectivity index (χ4v) is 12.5. The molecule has 0 heterocycles. The van der Waals surface area contributed by atoms with Crippen LogP contribution in [0.2, 0.25) is 0 Å². The van der Waals surface area contributed by atoms with Gasteiger partial charge in [-0.05, 0) is 103 Å². The van der Waals surface area contributed by atoms with E-state index in [0.29, 0.717) is 0 Å². The van der Waals surface area contributed by atoms with Crippen LogP contribution >= 0.6 is 23.5 Å². The monoisotopic (exact) mass is 1320 g/mol. The minimum absolute atomic E-state index is 0.0200. The number of hydrogen-bond donors (Lipinski definition) is 0. The Balaban J connectivity index is 0.000000214. The van der Waals surface area contributed by atoms with Crippen molar-refractivity contribution < 1.29 is 60.1 Å². The molecule has 388 valence electrons. The molecule has 0 nitrogen and oxygen atoms in total. The van der Waals surface area contributed by atoms with Crippen molar-refractivity contribution in [2.24, 2.45) is 0 Å². The molecular formula is C48H36F18S4Sb2. The van der Waals surface area contributed by atoms with Crippen molar-refractivity contribution in [3.8, 4) is 0 Å². The van der Waals surface area contributed by atoms with E-state index in [9.17, 15) is 33.8 Å². The van der Waals surface area contributed by atoms with Crippen molar-refractivity contribution in [1.82, 2.24) is 0 Å². The van der Waals surface area contributed by atoms with Gasteiger partial charge in [0, 0.05) is 20.8 Å². The maximum absolute atomic E-state index is 16.3. The first-order valence-electron chi connectivity index (χ1n) is 20.1. The van der Waals surface area contributed by atoms with E-state index in [4.69, 9.17) is 0 Å². The molecule has 8 rings (SSSR count). The van der Waals surface area contributed by atoms with Crippen LogP contribution in [0.5, 0.6) is 0 Å². The van der Waals surface area contributed by atoms with Crippen molar-refractivity contribution >= 4 is 84.3 Å². The van der Waals surface area contributed by atoms with Crippen LogP contribution in [0.15, 0.2) is 258 Å². The van der Waals surface area contributed by atoms with Gasteiger partial charge in [-0.3, -0.25) is 0 Å². The van der Waals surface area contributed by atoms with E-state index < -0.39 is 71.7 Å². The molecule has 0 amide bonds. The van der Waals surface area contributed by atoms with Crippen molar-refractivity contribution in [3.05, 3.63) is 218 Å². The van der Waals surface area contributed by atoms with Crippen LogP contribution in [-0.4, -0.2) is 60.8 Å². The van der Waals surface area contributed by atoms with Crippen molar-refractivity contribution in [2.75, 3.05) is 0 Å². The number of halogens is 18. The van der Waals surface area contributed by atoms with E-state index in [-0.39, 0.29) is 49.5 Å². The maximum Gasteiger partial charge on any atom is 0.166 e. The average molecular weight is 1330 g/mol. The fourth-order valence-electron chi connectivity index (χ4n) is 6.19. The Hall–Kier alpha value is -3.94. The van der Waals surface area contributed by atoms with E-state index in [2.05, 4.69) is 115 Å². The number of rotatable bonds is 10. The number of hydrogen-bond acceptors (Lipinski definition) is 2. The van der Waals surface area contributed by atoms with E-state index >= 15 is 26.3 Å². The van der Waals surface area contributed by atoms with Gasteiger partial charge in [-0.25, -0.2) is 4.39 Å². The van der Waals surface area contributed by atoms with E-state index in [1.54, 1.807) is 30.0 Å². The molecule has 2 atom stereocenters. The zero-order valence-electron chi connectivity index (χ0n) is 36.1. The van der Waals surface area contributed by atoms with Gasteiger partial charge in [0.1, 0.15) is 10.9 Å². The van der Waals surface area contributed by atoms with Crippen molar-refractivity contribution in [1.29, 1.82) is 0 Å². The van der Waals surface area contributed by atoms with Crippen molar-refractivity contribution in [2.45, 2.75) is 61.0 Å². The van der Waals surface area contributed by atoms with Gasteiger partial charge in [-0.15, -0.1) is 0 Å². The number of benzene rings is 7. The van der Waals surface area contributed by atoms with Gasteiger partial charge in [-0.1, -0.05) is 133 Å². The summed E-state index contributed by atoms with van der Waals surface area (Å²) in [6.45, 7) is 0. The van der Waals surface area contributed by atoms with Gasteiger partial charge < -0.3 is 0 Å². The predicted molar refractivity (Wildman–Crippen MR) is 253 cm³/mol. The number of thioether (sulfide) groups is 1. The topological polar surface area (TPSA) is 0 Å². The summed E-state index contributed by atoms with van der Waals surface area (Å²) in [5.74, 6) is -10.7.